The maximum absolute atomic E-state index is 5.19. The molecule has 0 aliphatic heterocycles. The Morgan fingerprint density at radius 2 is 0.438 bits per heavy atom. The van der Waals surface area contributed by atoms with Crippen molar-refractivity contribution in [2.75, 3.05) is 0 Å². The summed E-state index contributed by atoms with van der Waals surface area (Å²) in [6, 6.07) is 160. The maximum atomic E-state index is 5.19. The zero-order valence-corrected chi connectivity index (χ0v) is 77.6. The van der Waals surface area contributed by atoms with Crippen LogP contribution in [-0.4, -0.2) is 68.1 Å². The third-order valence-electron chi connectivity index (χ3n) is 27.8. The van der Waals surface area contributed by atoms with Crippen LogP contribution in [0.4, 0.5) is 0 Å². The fourth-order valence-electron chi connectivity index (χ4n) is 21.7. The molecule has 12 heterocycles. The lowest BCUT2D eigenvalue weighted by atomic mass is 10.00. The first kappa shape index (κ1) is 83.7. The minimum Gasteiger partial charge on any atom is -0.309 e. The van der Waals surface area contributed by atoms with Gasteiger partial charge in [0.05, 0.1) is 94.7 Å². The number of aromatic nitrogens is 14. The third-order valence-corrected chi connectivity index (χ3v) is 27.8. The van der Waals surface area contributed by atoms with Crippen molar-refractivity contribution in [3.8, 4) is 90.8 Å². The van der Waals surface area contributed by atoms with E-state index in [1.165, 1.54) is 97.5 Å². The molecule has 0 bridgehead atoms. The number of rotatable bonds is 10. The van der Waals surface area contributed by atoms with Crippen molar-refractivity contribution in [2.24, 2.45) is 0 Å². The number of para-hydroxylation sites is 5. The zero-order chi connectivity index (χ0) is 95.1. The van der Waals surface area contributed by atoms with Gasteiger partial charge in [0, 0.05) is 168 Å². The Hall–Kier alpha value is -19.7. The van der Waals surface area contributed by atoms with E-state index in [-0.39, 0.29) is 0 Å². The van der Waals surface area contributed by atoms with Gasteiger partial charge in [0.25, 0.3) is 0 Å². The van der Waals surface area contributed by atoms with Gasteiger partial charge in [-0.1, -0.05) is 328 Å². The summed E-state index contributed by atoms with van der Waals surface area (Å²) in [7, 11) is 0. The molecule has 0 unspecified atom stereocenters. The summed E-state index contributed by atoms with van der Waals surface area (Å²) < 4.78 is 9.26. The SMILES string of the molecule is c1cc(-c2ccncc2)nc(-n2c3ccccc3c3c4ccccc4c4ncccc4c32)c1.c1ccc(-c2cc(-c3ccccc3)nc(-c3cccc(-n4c5ccccc5c5c6ccccc6c6ncccc6c54)c3)n2)cc1.c1ccc(-c2cc(-c3ccccc3)nc(-n3c4ccccc4c4c5ccccc5c5ncccc5c43)n2)cc1.c1ccc(-n2c3ccccc3c3c4ccccc4c4ncccc4c32)cc1. The Bertz CT molecular complexity index is 10200. The van der Waals surface area contributed by atoms with Gasteiger partial charge in [-0.25, -0.2) is 24.9 Å². The second-order valence-corrected chi connectivity index (χ2v) is 36.0. The van der Waals surface area contributed by atoms with Crippen molar-refractivity contribution >= 4 is 174 Å². The normalized spacial score (nSPS) is 11.6. The van der Waals surface area contributed by atoms with Gasteiger partial charge in [-0.3, -0.25) is 34.1 Å². The van der Waals surface area contributed by atoms with E-state index in [0.717, 1.165) is 155 Å². The largest absolute Gasteiger partial charge is 0.309 e. The molecule has 0 fully saturated rings. The molecule has 0 aliphatic rings. The first-order valence-electron chi connectivity index (χ1n) is 48.3. The molecule has 0 saturated heterocycles. The molecular weight excluding hydrogens is 1760 g/mol. The number of hydrogen-bond donors (Lipinski definition) is 0. The van der Waals surface area contributed by atoms with Crippen LogP contribution in [0.2, 0.25) is 0 Å². The molecule has 0 aliphatic carbocycles. The van der Waals surface area contributed by atoms with Crippen LogP contribution in [0.5, 0.6) is 0 Å². The van der Waals surface area contributed by atoms with Gasteiger partial charge < -0.3 is 9.13 Å². The molecule has 0 N–H and O–H groups in total. The lowest BCUT2D eigenvalue weighted by Crippen LogP contribution is -2.04. The van der Waals surface area contributed by atoms with E-state index in [4.69, 9.17) is 44.9 Å². The molecule has 30 aromatic rings. The minimum absolute atomic E-state index is 0.641. The number of nitrogens with zero attached hydrogens (tertiary/aromatic N) is 14. The molecule has 144 heavy (non-hydrogen) atoms. The molecule has 0 saturated carbocycles. The molecular formula is C130H82N14. The summed E-state index contributed by atoms with van der Waals surface area (Å²) in [5, 5.41) is 23.9. The van der Waals surface area contributed by atoms with Crippen LogP contribution >= 0.6 is 0 Å². The monoisotopic (exact) mass is 1840 g/mol. The van der Waals surface area contributed by atoms with Crippen molar-refractivity contribution in [3.05, 3.63) is 498 Å². The second-order valence-electron chi connectivity index (χ2n) is 36.0. The highest BCUT2D eigenvalue weighted by Gasteiger charge is 2.27. The highest BCUT2D eigenvalue weighted by molar-refractivity contribution is 6.35. The van der Waals surface area contributed by atoms with Crippen molar-refractivity contribution in [1.82, 2.24) is 68.1 Å². The average Bonchev–Trinajstić information content (AvgIpc) is 1.56. The van der Waals surface area contributed by atoms with Crippen molar-refractivity contribution in [2.45, 2.75) is 0 Å². The Morgan fingerprint density at radius 1 is 0.160 bits per heavy atom. The van der Waals surface area contributed by atoms with Gasteiger partial charge in [-0.15, -0.1) is 0 Å². The van der Waals surface area contributed by atoms with Gasteiger partial charge in [0.1, 0.15) is 5.82 Å². The Labute approximate surface area is 825 Å². The third kappa shape index (κ3) is 14.2. The number of pyridine rings is 6. The van der Waals surface area contributed by atoms with E-state index in [1.54, 1.807) is 12.4 Å². The van der Waals surface area contributed by atoms with E-state index in [1.807, 2.05) is 140 Å². The average molecular weight is 1840 g/mol. The molecule has 0 radical (unpaired) electrons. The van der Waals surface area contributed by atoms with Crippen LogP contribution in [0.3, 0.4) is 0 Å². The highest BCUT2D eigenvalue weighted by atomic mass is 15.2. The molecule has 18 aromatic carbocycles. The first-order chi connectivity index (χ1) is 71.5. The first-order valence-corrected chi connectivity index (χ1v) is 48.3. The summed E-state index contributed by atoms with van der Waals surface area (Å²) >= 11 is 0. The Balaban J connectivity index is 0.0000000970. The molecule has 0 amide bonds. The van der Waals surface area contributed by atoms with Crippen LogP contribution in [0.1, 0.15) is 0 Å². The summed E-state index contributed by atoms with van der Waals surface area (Å²) in [6.45, 7) is 0. The molecule has 0 spiro atoms. The topological polar surface area (TPSA) is 149 Å². The predicted molar refractivity (Wildman–Crippen MR) is 594 cm³/mol. The van der Waals surface area contributed by atoms with E-state index < -0.39 is 0 Å². The zero-order valence-electron chi connectivity index (χ0n) is 77.6. The molecule has 14 nitrogen and oxygen atoms in total. The van der Waals surface area contributed by atoms with E-state index in [0.29, 0.717) is 11.8 Å². The summed E-state index contributed by atoms with van der Waals surface area (Å²) in [4.78, 5) is 49.1. The minimum atomic E-state index is 0.641. The number of fused-ring (bicyclic) bond motifs is 32. The smallest absolute Gasteiger partial charge is 0.235 e. The van der Waals surface area contributed by atoms with Gasteiger partial charge in [0.15, 0.2) is 5.82 Å². The number of hydrogen-bond acceptors (Lipinski definition) is 10. The van der Waals surface area contributed by atoms with Crippen molar-refractivity contribution in [3.63, 3.8) is 0 Å². The number of benzene rings is 18. The fraction of sp³-hybridized carbons (Fsp3) is 0. The van der Waals surface area contributed by atoms with E-state index in [9.17, 15) is 0 Å². The van der Waals surface area contributed by atoms with Gasteiger partial charge in [0.2, 0.25) is 5.95 Å². The Kier molecular flexibility index (Phi) is 20.6. The summed E-state index contributed by atoms with van der Waals surface area (Å²) in [5.74, 6) is 2.22. The molecule has 672 valence electrons. The Morgan fingerprint density at radius 3 is 0.826 bits per heavy atom. The standard InChI is InChI=1S/C41H26N4.C35H22N4.C29H18N4.C25H16N2/c1-3-13-27(14-4-1)35-26-36(28-15-5-2-6-16-28)44-41(43-35)29-17-11-18-30(25-29)45-37-23-10-9-21-33(37)38-31-19-7-8-20-32(31)39-34(40(38)45)22-12-24-42-39;1-3-12-23(13-4-1)29-22-30(24-14-5-2-6-15-24)38-35(37-29)39-31-20-10-9-18-27(31)32-25-16-7-8-17-26(25)33-28(34(32)39)19-11-21-36-33;1-2-8-21-20(7-1)27-22-9-3-4-12-25(22)33(29(27)23-10-6-16-31-28(21)23)26-13-5-11-24(32-26)19-14-17-30-18-15-19;1-2-9-17(10-3-1)27-22-15-7-6-13-20(22)23-18-11-4-5-12-19(18)24-21(25(23)27)14-8-16-26-24/h1-26H;1-22H;1-18H;1-16H. The van der Waals surface area contributed by atoms with Crippen LogP contribution in [0.25, 0.3) is 265 Å². The van der Waals surface area contributed by atoms with Crippen molar-refractivity contribution in [1.29, 1.82) is 0 Å². The molecule has 12 aromatic heterocycles. The van der Waals surface area contributed by atoms with Crippen LogP contribution in [0.15, 0.2) is 498 Å². The predicted octanol–water partition coefficient (Wildman–Crippen LogP) is 32.3. The fourth-order valence-corrected chi connectivity index (χ4v) is 21.7. The molecule has 14 heteroatoms. The summed E-state index contributed by atoms with van der Waals surface area (Å²) in [5.41, 5.74) is 26.1. The van der Waals surface area contributed by atoms with Crippen LogP contribution in [0, 0.1) is 0 Å². The van der Waals surface area contributed by atoms with Gasteiger partial charge >= 0.3 is 0 Å². The maximum Gasteiger partial charge on any atom is 0.235 e. The van der Waals surface area contributed by atoms with E-state index >= 15 is 0 Å². The quantitative estimate of drug-likeness (QED) is 0.121. The lowest BCUT2D eigenvalue weighted by Gasteiger charge is -2.13. The second kappa shape index (κ2) is 35.4. The van der Waals surface area contributed by atoms with Crippen molar-refractivity contribution < 1.29 is 0 Å². The lowest BCUT2D eigenvalue weighted by molar-refractivity contribution is 0.998. The molecule has 30 rings (SSSR count). The molecule has 0 atom stereocenters. The van der Waals surface area contributed by atoms with Gasteiger partial charge in [-0.2, -0.15) is 0 Å². The van der Waals surface area contributed by atoms with Gasteiger partial charge in [-0.05, 0) is 155 Å². The van der Waals surface area contributed by atoms with Crippen LogP contribution < -0.4 is 0 Å². The highest BCUT2D eigenvalue weighted by Crippen LogP contribution is 2.48. The summed E-state index contributed by atoms with van der Waals surface area (Å²) in [6.07, 6.45) is 11.1. The van der Waals surface area contributed by atoms with Crippen LogP contribution in [-0.2, 0) is 0 Å². The van der Waals surface area contributed by atoms with E-state index in [2.05, 4.69) is 369 Å².